The van der Waals surface area contributed by atoms with Crippen molar-refractivity contribution in [1.29, 1.82) is 0 Å². The first-order valence-electron chi connectivity index (χ1n) is 9.89. The molecular weight excluding hydrogens is 344 g/mol. The molecule has 2 heteroatoms. The SMILES string of the molecule is CC1(C)CC(=Cc2ccc(O)cc2)C(c2ccc(C#CCO)cc2)C(C)(C)C1. The molecule has 1 atom stereocenters. The van der Waals surface area contributed by atoms with Crippen LogP contribution < -0.4 is 0 Å². The van der Waals surface area contributed by atoms with E-state index < -0.39 is 0 Å². The summed E-state index contributed by atoms with van der Waals surface area (Å²) in [7, 11) is 0. The summed E-state index contributed by atoms with van der Waals surface area (Å²) in [6.45, 7) is 9.31. The van der Waals surface area contributed by atoms with Crippen LogP contribution in [0, 0.1) is 22.7 Å². The van der Waals surface area contributed by atoms with E-state index in [1.807, 2.05) is 24.3 Å². The predicted molar refractivity (Wildman–Crippen MR) is 116 cm³/mol. The summed E-state index contributed by atoms with van der Waals surface area (Å²) in [6, 6.07) is 15.9. The number of phenolic OH excluding ortho intramolecular Hbond substituents is 1. The lowest BCUT2D eigenvalue weighted by atomic mass is 9.56. The van der Waals surface area contributed by atoms with E-state index in [2.05, 4.69) is 57.7 Å². The molecule has 0 heterocycles. The first kappa shape index (κ1) is 20.2. The lowest BCUT2D eigenvalue weighted by Gasteiger charge is -2.48. The standard InChI is InChI=1S/C26H30O2/c1-25(2)17-22(16-20-9-13-23(28)14-10-20)24(26(3,4)18-25)21-11-7-19(8-12-21)6-5-15-27/h7-14,16,24,27-28H,15,17-18H2,1-4H3. The highest BCUT2D eigenvalue weighted by molar-refractivity contribution is 5.58. The Bertz CT molecular complexity index is 904. The van der Waals surface area contributed by atoms with Crippen molar-refractivity contribution in [2.45, 2.75) is 46.5 Å². The third kappa shape index (κ3) is 4.66. The van der Waals surface area contributed by atoms with Gasteiger partial charge in [0.1, 0.15) is 12.4 Å². The zero-order valence-corrected chi connectivity index (χ0v) is 17.3. The first-order valence-corrected chi connectivity index (χ1v) is 9.89. The van der Waals surface area contributed by atoms with Gasteiger partial charge >= 0.3 is 0 Å². The van der Waals surface area contributed by atoms with Crippen molar-refractivity contribution in [3.05, 3.63) is 70.8 Å². The van der Waals surface area contributed by atoms with Crippen molar-refractivity contribution < 1.29 is 10.2 Å². The summed E-state index contributed by atoms with van der Waals surface area (Å²) in [4.78, 5) is 0. The fourth-order valence-corrected chi connectivity index (χ4v) is 5.04. The maximum Gasteiger partial charge on any atom is 0.115 e. The van der Waals surface area contributed by atoms with E-state index in [1.165, 1.54) is 11.1 Å². The molecule has 2 nitrogen and oxygen atoms in total. The normalized spacial score (nSPS) is 21.8. The third-order valence-electron chi connectivity index (χ3n) is 5.57. The molecule has 1 unspecified atom stereocenters. The molecule has 0 amide bonds. The van der Waals surface area contributed by atoms with Gasteiger partial charge in [-0.15, -0.1) is 0 Å². The fraction of sp³-hybridized carbons (Fsp3) is 0.385. The monoisotopic (exact) mass is 374 g/mol. The number of hydrogen-bond donors (Lipinski definition) is 2. The van der Waals surface area contributed by atoms with Crippen LogP contribution in [-0.2, 0) is 0 Å². The Labute approximate surface area is 168 Å². The van der Waals surface area contributed by atoms with Crippen LogP contribution in [-0.4, -0.2) is 16.8 Å². The summed E-state index contributed by atoms with van der Waals surface area (Å²) in [5.74, 6) is 6.31. The second-order valence-corrected chi connectivity index (χ2v) is 9.33. The summed E-state index contributed by atoms with van der Waals surface area (Å²) >= 11 is 0. The molecule has 2 N–H and O–H groups in total. The summed E-state index contributed by atoms with van der Waals surface area (Å²) < 4.78 is 0. The molecule has 0 aromatic heterocycles. The first-order chi connectivity index (χ1) is 13.2. The van der Waals surface area contributed by atoms with Crippen LogP contribution in [0.2, 0.25) is 0 Å². The van der Waals surface area contributed by atoms with E-state index >= 15 is 0 Å². The van der Waals surface area contributed by atoms with Gasteiger partial charge in [0.2, 0.25) is 0 Å². The topological polar surface area (TPSA) is 40.5 Å². The maximum absolute atomic E-state index is 9.60. The molecule has 2 aromatic carbocycles. The number of aliphatic hydroxyl groups is 1. The van der Waals surface area contributed by atoms with E-state index in [1.54, 1.807) is 12.1 Å². The molecule has 1 aliphatic rings. The predicted octanol–water partition coefficient (Wildman–Crippen LogP) is 5.75. The highest BCUT2D eigenvalue weighted by Crippen LogP contribution is 2.56. The number of rotatable bonds is 2. The van der Waals surface area contributed by atoms with Crippen molar-refractivity contribution in [1.82, 2.24) is 0 Å². The zero-order valence-electron chi connectivity index (χ0n) is 17.3. The Balaban J connectivity index is 2.04. The molecule has 2 aromatic rings. The van der Waals surface area contributed by atoms with Gasteiger partial charge in [-0.05, 0) is 59.1 Å². The van der Waals surface area contributed by atoms with Crippen molar-refractivity contribution >= 4 is 6.08 Å². The molecular formula is C26H30O2. The Morgan fingerprint density at radius 3 is 2.25 bits per heavy atom. The van der Waals surface area contributed by atoms with Crippen LogP contribution in [0.3, 0.4) is 0 Å². The Hall–Kier alpha value is -2.50. The highest BCUT2D eigenvalue weighted by Gasteiger charge is 2.43. The van der Waals surface area contributed by atoms with Crippen LogP contribution in [0.1, 0.15) is 63.1 Å². The van der Waals surface area contributed by atoms with Crippen LogP contribution in [0.5, 0.6) is 5.75 Å². The maximum atomic E-state index is 9.60. The second kappa shape index (κ2) is 7.86. The van der Waals surface area contributed by atoms with Crippen molar-refractivity contribution in [3.8, 4) is 17.6 Å². The highest BCUT2D eigenvalue weighted by atomic mass is 16.3. The molecule has 146 valence electrons. The van der Waals surface area contributed by atoms with E-state index in [4.69, 9.17) is 5.11 Å². The number of aliphatic hydroxyl groups excluding tert-OH is 1. The number of allylic oxidation sites excluding steroid dienone is 1. The van der Waals surface area contributed by atoms with Crippen molar-refractivity contribution in [2.75, 3.05) is 6.61 Å². The van der Waals surface area contributed by atoms with E-state index in [-0.39, 0.29) is 17.4 Å². The minimum Gasteiger partial charge on any atom is -0.508 e. The molecule has 0 aliphatic heterocycles. The number of aromatic hydroxyl groups is 1. The molecule has 3 rings (SSSR count). The van der Waals surface area contributed by atoms with Crippen LogP contribution >= 0.6 is 0 Å². The third-order valence-corrected chi connectivity index (χ3v) is 5.57. The van der Waals surface area contributed by atoms with Gasteiger partial charge in [0.05, 0.1) is 0 Å². The summed E-state index contributed by atoms with van der Waals surface area (Å²) in [5.41, 5.74) is 5.16. The Morgan fingerprint density at radius 1 is 1.00 bits per heavy atom. The van der Waals surface area contributed by atoms with Crippen molar-refractivity contribution in [2.24, 2.45) is 10.8 Å². The Kier molecular flexibility index (Phi) is 5.68. The van der Waals surface area contributed by atoms with Gasteiger partial charge in [0.15, 0.2) is 0 Å². The second-order valence-electron chi connectivity index (χ2n) is 9.33. The quantitative estimate of drug-likeness (QED) is 0.657. The number of phenols is 1. The molecule has 1 saturated carbocycles. The van der Waals surface area contributed by atoms with E-state index in [0.29, 0.717) is 11.7 Å². The smallest absolute Gasteiger partial charge is 0.115 e. The average Bonchev–Trinajstić information content (AvgIpc) is 2.61. The van der Waals surface area contributed by atoms with Crippen LogP contribution in [0.15, 0.2) is 54.1 Å². The van der Waals surface area contributed by atoms with Gasteiger partial charge in [-0.2, -0.15) is 0 Å². The largest absolute Gasteiger partial charge is 0.508 e. The fourth-order valence-electron chi connectivity index (χ4n) is 5.04. The molecule has 0 saturated heterocycles. The van der Waals surface area contributed by atoms with Crippen LogP contribution in [0.25, 0.3) is 6.08 Å². The minimum absolute atomic E-state index is 0.119. The van der Waals surface area contributed by atoms with Gasteiger partial charge in [-0.1, -0.05) is 75.5 Å². The van der Waals surface area contributed by atoms with E-state index in [0.717, 1.165) is 24.0 Å². The van der Waals surface area contributed by atoms with Gasteiger partial charge in [0.25, 0.3) is 0 Å². The molecule has 28 heavy (non-hydrogen) atoms. The molecule has 0 radical (unpaired) electrons. The van der Waals surface area contributed by atoms with E-state index in [9.17, 15) is 5.11 Å². The number of hydrogen-bond acceptors (Lipinski definition) is 2. The average molecular weight is 375 g/mol. The summed E-state index contributed by atoms with van der Waals surface area (Å²) in [6.07, 6.45) is 4.50. The van der Waals surface area contributed by atoms with Gasteiger partial charge in [0, 0.05) is 11.5 Å². The minimum atomic E-state index is -0.119. The lowest BCUT2D eigenvalue weighted by Crippen LogP contribution is -2.36. The Morgan fingerprint density at radius 2 is 1.64 bits per heavy atom. The molecule has 1 aliphatic carbocycles. The zero-order chi connectivity index (χ0) is 20.4. The molecule has 1 fully saturated rings. The number of benzene rings is 2. The van der Waals surface area contributed by atoms with Gasteiger partial charge in [-0.3, -0.25) is 0 Å². The van der Waals surface area contributed by atoms with Gasteiger partial charge in [-0.25, -0.2) is 0 Å². The van der Waals surface area contributed by atoms with Crippen LogP contribution in [0.4, 0.5) is 0 Å². The summed E-state index contributed by atoms with van der Waals surface area (Å²) in [5, 5.41) is 18.5. The lowest BCUT2D eigenvalue weighted by molar-refractivity contribution is 0.131. The molecule has 0 bridgehead atoms. The van der Waals surface area contributed by atoms with Gasteiger partial charge < -0.3 is 10.2 Å². The molecule has 0 spiro atoms. The van der Waals surface area contributed by atoms with Crippen molar-refractivity contribution in [3.63, 3.8) is 0 Å².